The Morgan fingerprint density at radius 3 is 2.93 bits per heavy atom. The van der Waals surface area contributed by atoms with Crippen molar-refractivity contribution in [3.8, 4) is 0 Å². The van der Waals surface area contributed by atoms with Crippen LogP contribution in [0.5, 0.6) is 0 Å². The number of fused-ring (bicyclic) bond motifs is 1. The summed E-state index contributed by atoms with van der Waals surface area (Å²) in [6.45, 7) is 5.30. The van der Waals surface area contributed by atoms with E-state index in [0.29, 0.717) is 6.61 Å². The molecule has 0 amide bonds. The second-order valence-electron chi connectivity index (χ2n) is 4.36. The van der Waals surface area contributed by atoms with Gasteiger partial charge in [0.05, 0.1) is 12.7 Å². The quantitative estimate of drug-likeness (QED) is 0.703. The summed E-state index contributed by atoms with van der Waals surface area (Å²) in [7, 11) is 0. The Morgan fingerprint density at radius 1 is 1.40 bits per heavy atom. The van der Waals surface area contributed by atoms with Gasteiger partial charge in [0, 0.05) is 6.61 Å². The van der Waals surface area contributed by atoms with Crippen molar-refractivity contribution in [3.63, 3.8) is 0 Å². The van der Waals surface area contributed by atoms with Gasteiger partial charge in [-0.1, -0.05) is 13.3 Å². The molecule has 0 aromatic carbocycles. The van der Waals surface area contributed by atoms with Crippen LogP contribution in [0.4, 0.5) is 0 Å². The highest BCUT2D eigenvalue weighted by atomic mass is 16.6. The topological polar surface area (TPSA) is 47.9 Å². The van der Waals surface area contributed by atoms with E-state index in [9.17, 15) is 5.11 Å². The number of aliphatic hydroxyl groups excluding tert-OH is 1. The lowest BCUT2D eigenvalue weighted by molar-refractivity contribution is -0.0639. The molecule has 0 spiro atoms. The first-order chi connectivity index (χ1) is 7.24. The number of unbranched alkanes of at least 4 members (excludes halogenated alkanes) is 1. The maximum atomic E-state index is 9.75. The van der Waals surface area contributed by atoms with Crippen LogP contribution in [0.1, 0.15) is 26.7 Å². The van der Waals surface area contributed by atoms with Crippen LogP contribution in [-0.4, -0.2) is 48.8 Å². The summed E-state index contributed by atoms with van der Waals surface area (Å²) in [5.41, 5.74) is 0. The van der Waals surface area contributed by atoms with Crippen LogP contribution < -0.4 is 0 Å². The van der Waals surface area contributed by atoms with Crippen LogP contribution in [0.15, 0.2) is 0 Å². The molecule has 0 aromatic rings. The zero-order chi connectivity index (χ0) is 10.8. The van der Waals surface area contributed by atoms with Crippen LogP contribution in [0.2, 0.25) is 0 Å². The number of aliphatic hydroxyl groups is 1. The van der Waals surface area contributed by atoms with E-state index >= 15 is 0 Å². The molecule has 4 nitrogen and oxygen atoms in total. The van der Waals surface area contributed by atoms with E-state index in [1.54, 1.807) is 0 Å². The molecule has 2 fully saturated rings. The highest BCUT2D eigenvalue weighted by Crippen LogP contribution is 2.32. The van der Waals surface area contributed by atoms with Gasteiger partial charge in [-0.15, -0.1) is 0 Å². The van der Waals surface area contributed by atoms with Crippen molar-refractivity contribution in [2.75, 3.05) is 13.2 Å². The number of hydrogen-bond acceptors (Lipinski definition) is 4. The SMILES string of the molecule is CCCCO[C@H]1CO[C@H]2[C@@H]1OC(C)[C@H]2O. The standard InChI is InChI=1S/C11H20O4/c1-3-4-5-13-8-6-14-11-9(12)7(2)15-10(8)11/h7-12H,3-6H2,1-2H3/t7?,8-,9+,10+,11+/m0/s1. The van der Waals surface area contributed by atoms with Crippen LogP contribution >= 0.6 is 0 Å². The van der Waals surface area contributed by atoms with Gasteiger partial charge in [-0.05, 0) is 13.3 Å². The minimum Gasteiger partial charge on any atom is -0.388 e. The highest BCUT2D eigenvalue weighted by molar-refractivity contribution is 4.98. The van der Waals surface area contributed by atoms with Gasteiger partial charge in [0.15, 0.2) is 0 Å². The molecule has 0 aromatic heterocycles. The predicted molar refractivity (Wildman–Crippen MR) is 54.7 cm³/mol. The average molecular weight is 216 g/mol. The third kappa shape index (κ3) is 2.18. The fourth-order valence-corrected chi connectivity index (χ4v) is 2.18. The number of ether oxygens (including phenoxy) is 3. The molecular weight excluding hydrogens is 196 g/mol. The molecule has 0 radical (unpaired) electrons. The fraction of sp³-hybridized carbons (Fsp3) is 1.00. The van der Waals surface area contributed by atoms with Crippen molar-refractivity contribution in [3.05, 3.63) is 0 Å². The van der Waals surface area contributed by atoms with E-state index in [1.807, 2.05) is 6.92 Å². The summed E-state index contributed by atoms with van der Waals surface area (Å²) in [4.78, 5) is 0. The van der Waals surface area contributed by atoms with E-state index in [2.05, 4.69) is 6.92 Å². The highest BCUT2D eigenvalue weighted by Gasteiger charge is 2.50. The first-order valence-corrected chi connectivity index (χ1v) is 5.80. The minimum absolute atomic E-state index is 0.00106. The summed E-state index contributed by atoms with van der Waals surface area (Å²) in [6, 6.07) is 0. The molecule has 1 N–H and O–H groups in total. The van der Waals surface area contributed by atoms with E-state index in [4.69, 9.17) is 14.2 Å². The van der Waals surface area contributed by atoms with Crippen LogP contribution in [0, 0.1) is 0 Å². The zero-order valence-corrected chi connectivity index (χ0v) is 9.39. The molecule has 2 heterocycles. The van der Waals surface area contributed by atoms with Crippen molar-refractivity contribution in [2.24, 2.45) is 0 Å². The average Bonchev–Trinajstić information content (AvgIpc) is 2.72. The molecule has 0 saturated carbocycles. The maximum Gasteiger partial charge on any atom is 0.115 e. The van der Waals surface area contributed by atoms with Gasteiger partial charge in [-0.25, -0.2) is 0 Å². The van der Waals surface area contributed by atoms with Gasteiger partial charge in [0.25, 0.3) is 0 Å². The van der Waals surface area contributed by atoms with Crippen molar-refractivity contribution >= 4 is 0 Å². The summed E-state index contributed by atoms with van der Waals surface area (Å²) in [5, 5.41) is 9.75. The van der Waals surface area contributed by atoms with Gasteiger partial charge in [-0.2, -0.15) is 0 Å². The fourth-order valence-electron chi connectivity index (χ4n) is 2.18. The molecule has 0 bridgehead atoms. The van der Waals surface area contributed by atoms with Crippen LogP contribution in [0.25, 0.3) is 0 Å². The Labute approximate surface area is 90.5 Å². The minimum atomic E-state index is -0.505. The number of rotatable bonds is 4. The molecule has 2 saturated heterocycles. The molecule has 5 atom stereocenters. The summed E-state index contributed by atoms with van der Waals surface area (Å²) >= 11 is 0. The molecule has 0 aliphatic carbocycles. The van der Waals surface area contributed by atoms with Gasteiger partial charge in [0.2, 0.25) is 0 Å². The molecular formula is C11H20O4. The molecule has 88 valence electrons. The zero-order valence-electron chi connectivity index (χ0n) is 9.39. The van der Waals surface area contributed by atoms with Crippen molar-refractivity contribution in [2.45, 2.75) is 57.2 Å². The van der Waals surface area contributed by atoms with E-state index in [0.717, 1.165) is 19.4 Å². The molecule has 4 heteroatoms. The Morgan fingerprint density at radius 2 is 2.20 bits per heavy atom. The summed E-state index contributed by atoms with van der Waals surface area (Å²) in [5.74, 6) is 0. The van der Waals surface area contributed by atoms with E-state index in [1.165, 1.54) is 0 Å². The normalized spacial score (nSPS) is 44.6. The van der Waals surface area contributed by atoms with Crippen LogP contribution in [0.3, 0.4) is 0 Å². The van der Waals surface area contributed by atoms with Gasteiger partial charge >= 0.3 is 0 Å². The van der Waals surface area contributed by atoms with Crippen molar-refractivity contribution < 1.29 is 19.3 Å². The maximum absolute atomic E-state index is 9.75. The van der Waals surface area contributed by atoms with Crippen molar-refractivity contribution in [1.82, 2.24) is 0 Å². The molecule has 2 aliphatic rings. The Bertz CT molecular complexity index is 209. The largest absolute Gasteiger partial charge is 0.388 e. The second-order valence-corrected chi connectivity index (χ2v) is 4.36. The van der Waals surface area contributed by atoms with Gasteiger partial charge in [0.1, 0.15) is 24.4 Å². The van der Waals surface area contributed by atoms with Gasteiger partial charge < -0.3 is 19.3 Å². The van der Waals surface area contributed by atoms with Crippen LogP contribution in [-0.2, 0) is 14.2 Å². The first kappa shape index (κ1) is 11.3. The Balaban J connectivity index is 1.84. The second kappa shape index (κ2) is 4.78. The van der Waals surface area contributed by atoms with Gasteiger partial charge in [-0.3, -0.25) is 0 Å². The molecule has 15 heavy (non-hydrogen) atoms. The lowest BCUT2D eigenvalue weighted by Gasteiger charge is -2.17. The Hall–Kier alpha value is -0.160. The molecule has 2 rings (SSSR count). The molecule has 1 unspecified atom stereocenters. The third-order valence-electron chi connectivity index (χ3n) is 3.16. The van der Waals surface area contributed by atoms with Crippen molar-refractivity contribution in [1.29, 1.82) is 0 Å². The first-order valence-electron chi connectivity index (χ1n) is 5.80. The number of hydrogen-bond donors (Lipinski definition) is 1. The summed E-state index contributed by atoms with van der Waals surface area (Å²) in [6.07, 6.45) is 1.28. The monoisotopic (exact) mass is 216 g/mol. The molecule has 2 aliphatic heterocycles. The predicted octanol–water partition coefficient (Wildman–Crippen LogP) is 0.719. The third-order valence-corrected chi connectivity index (χ3v) is 3.16. The lowest BCUT2D eigenvalue weighted by Crippen LogP contribution is -2.33. The smallest absolute Gasteiger partial charge is 0.115 e. The lowest BCUT2D eigenvalue weighted by atomic mass is 10.1. The summed E-state index contributed by atoms with van der Waals surface area (Å²) < 4.78 is 16.8. The Kier molecular flexibility index (Phi) is 3.61. The van der Waals surface area contributed by atoms with E-state index < -0.39 is 6.10 Å². The van der Waals surface area contributed by atoms with E-state index in [-0.39, 0.29) is 24.4 Å².